The van der Waals surface area contributed by atoms with Crippen LogP contribution in [-0.4, -0.2) is 9.97 Å². The first-order valence-corrected chi connectivity index (χ1v) is 8.14. The number of nitrogens with zero attached hydrogens (tertiary/aromatic N) is 2. The molecule has 0 unspecified atom stereocenters. The Balaban J connectivity index is 1.74. The van der Waals surface area contributed by atoms with Gasteiger partial charge in [-0.1, -0.05) is 35.9 Å². The summed E-state index contributed by atoms with van der Waals surface area (Å²) in [6.45, 7) is 4.74. The lowest BCUT2D eigenvalue weighted by Gasteiger charge is -2.11. The maximum atomic E-state index is 5.91. The van der Waals surface area contributed by atoms with Crippen LogP contribution >= 0.6 is 11.6 Å². The Hall–Kier alpha value is -2.59. The van der Waals surface area contributed by atoms with Crippen molar-refractivity contribution in [3.63, 3.8) is 0 Å². The van der Waals surface area contributed by atoms with Crippen molar-refractivity contribution in [2.75, 3.05) is 10.6 Å². The van der Waals surface area contributed by atoms with Crippen molar-refractivity contribution in [1.29, 1.82) is 0 Å². The third-order valence-corrected chi connectivity index (χ3v) is 3.92. The van der Waals surface area contributed by atoms with E-state index in [-0.39, 0.29) is 0 Å². The highest BCUT2D eigenvalue weighted by Crippen LogP contribution is 2.19. The zero-order chi connectivity index (χ0) is 16.9. The molecule has 0 saturated heterocycles. The van der Waals surface area contributed by atoms with Crippen molar-refractivity contribution in [1.82, 2.24) is 9.97 Å². The number of hydrogen-bond donors (Lipinski definition) is 2. The van der Waals surface area contributed by atoms with E-state index in [1.165, 1.54) is 11.1 Å². The lowest BCUT2D eigenvalue weighted by atomic mass is 10.1. The first-order valence-electron chi connectivity index (χ1n) is 7.77. The molecular formula is C19H19ClN4. The molecule has 0 amide bonds. The van der Waals surface area contributed by atoms with Gasteiger partial charge in [-0.3, -0.25) is 0 Å². The molecule has 0 saturated carbocycles. The summed E-state index contributed by atoms with van der Waals surface area (Å²) in [5.41, 5.74) is 4.31. The van der Waals surface area contributed by atoms with Gasteiger partial charge in [0.15, 0.2) is 0 Å². The largest absolute Gasteiger partial charge is 0.350 e. The van der Waals surface area contributed by atoms with Crippen LogP contribution in [0.4, 0.5) is 17.5 Å². The number of rotatable bonds is 5. The Morgan fingerprint density at radius 1 is 0.958 bits per heavy atom. The van der Waals surface area contributed by atoms with Gasteiger partial charge >= 0.3 is 0 Å². The molecule has 2 aromatic carbocycles. The van der Waals surface area contributed by atoms with Crippen molar-refractivity contribution in [2.24, 2.45) is 0 Å². The fourth-order valence-corrected chi connectivity index (χ4v) is 2.50. The van der Waals surface area contributed by atoms with Crippen molar-refractivity contribution in [3.05, 3.63) is 76.4 Å². The Kier molecular flexibility index (Phi) is 4.96. The lowest BCUT2D eigenvalue weighted by Crippen LogP contribution is -2.07. The van der Waals surface area contributed by atoms with E-state index in [2.05, 4.69) is 39.7 Å². The molecule has 0 aliphatic rings. The fourth-order valence-electron chi connectivity index (χ4n) is 2.38. The molecule has 0 spiro atoms. The molecule has 0 bridgehead atoms. The first-order chi connectivity index (χ1) is 11.6. The number of halogens is 1. The molecule has 1 aromatic heterocycles. The van der Waals surface area contributed by atoms with Crippen molar-refractivity contribution in [3.8, 4) is 0 Å². The smallest absolute Gasteiger partial charge is 0.225 e. The molecule has 3 aromatic rings. The molecule has 0 fully saturated rings. The zero-order valence-corrected chi connectivity index (χ0v) is 14.4. The Labute approximate surface area is 146 Å². The van der Waals surface area contributed by atoms with Crippen molar-refractivity contribution < 1.29 is 0 Å². The predicted molar refractivity (Wildman–Crippen MR) is 100 cm³/mol. The van der Waals surface area contributed by atoms with Crippen LogP contribution in [0.5, 0.6) is 0 Å². The van der Waals surface area contributed by atoms with E-state index >= 15 is 0 Å². The van der Waals surface area contributed by atoms with Crippen LogP contribution in [0.2, 0.25) is 5.02 Å². The minimum atomic E-state index is 0.606. The second kappa shape index (κ2) is 7.32. The van der Waals surface area contributed by atoms with Gasteiger partial charge in [0.25, 0.3) is 0 Å². The summed E-state index contributed by atoms with van der Waals surface area (Å²) >= 11 is 5.91. The topological polar surface area (TPSA) is 49.8 Å². The van der Waals surface area contributed by atoms with E-state index < -0.39 is 0 Å². The Morgan fingerprint density at radius 3 is 2.46 bits per heavy atom. The molecule has 24 heavy (non-hydrogen) atoms. The zero-order valence-electron chi connectivity index (χ0n) is 13.7. The average molecular weight is 339 g/mol. The molecule has 122 valence electrons. The number of nitrogens with one attached hydrogen (secondary N) is 2. The minimum absolute atomic E-state index is 0.606. The molecule has 5 heteroatoms. The van der Waals surface area contributed by atoms with E-state index in [4.69, 9.17) is 11.6 Å². The maximum Gasteiger partial charge on any atom is 0.225 e. The second-order valence-electron chi connectivity index (χ2n) is 5.63. The fraction of sp³-hybridized carbons (Fsp3) is 0.158. The highest BCUT2D eigenvalue weighted by atomic mass is 35.5. The van der Waals surface area contributed by atoms with Gasteiger partial charge < -0.3 is 10.6 Å². The highest BCUT2D eigenvalue weighted by Gasteiger charge is 2.04. The van der Waals surface area contributed by atoms with E-state index in [9.17, 15) is 0 Å². The van der Waals surface area contributed by atoms with Gasteiger partial charge in [-0.05, 0) is 49.2 Å². The highest BCUT2D eigenvalue weighted by molar-refractivity contribution is 6.30. The molecule has 2 N–H and O–H groups in total. The van der Waals surface area contributed by atoms with Gasteiger partial charge in [0.1, 0.15) is 5.82 Å². The summed E-state index contributed by atoms with van der Waals surface area (Å²) in [4.78, 5) is 8.98. The van der Waals surface area contributed by atoms with Crippen molar-refractivity contribution >= 4 is 29.1 Å². The summed E-state index contributed by atoms with van der Waals surface area (Å²) in [6.07, 6.45) is 0. The monoisotopic (exact) mass is 338 g/mol. The summed E-state index contributed by atoms with van der Waals surface area (Å²) in [5, 5.41) is 7.28. The normalized spacial score (nSPS) is 10.5. The Morgan fingerprint density at radius 2 is 1.71 bits per heavy atom. The number of aromatic nitrogens is 2. The predicted octanol–water partition coefficient (Wildman–Crippen LogP) is 5.10. The van der Waals surface area contributed by atoms with E-state index in [0.29, 0.717) is 17.5 Å². The summed E-state index contributed by atoms with van der Waals surface area (Å²) in [6, 6.07) is 17.7. The van der Waals surface area contributed by atoms with E-state index in [0.717, 1.165) is 17.2 Å². The molecule has 4 nitrogen and oxygen atoms in total. The maximum absolute atomic E-state index is 5.91. The van der Waals surface area contributed by atoms with Crippen LogP contribution in [0.1, 0.15) is 16.8 Å². The van der Waals surface area contributed by atoms with Gasteiger partial charge in [0.05, 0.1) is 0 Å². The van der Waals surface area contributed by atoms with Gasteiger partial charge in [0, 0.05) is 29.0 Å². The van der Waals surface area contributed by atoms with Crippen LogP contribution in [0.25, 0.3) is 0 Å². The van der Waals surface area contributed by atoms with Crippen LogP contribution in [-0.2, 0) is 6.54 Å². The third kappa shape index (κ3) is 4.24. The molecule has 1 heterocycles. The van der Waals surface area contributed by atoms with E-state index in [1.807, 2.05) is 49.4 Å². The van der Waals surface area contributed by atoms with Gasteiger partial charge in [-0.2, -0.15) is 4.98 Å². The van der Waals surface area contributed by atoms with E-state index in [1.54, 1.807) is 0 Å². The van der Waals surface area contributed by atoms with Crippen LogP contribution in [0.15, 0.2) is 54.6 Å². The van der Waals surface area contributed by atoms with Crippen LogP contribution in [0.3, 0.4) is 0 Å². The number of anilines is 3. The molecule has 0 aliphatic heterocycles. The minimum Gasteiger partial charge on any atom is -0.350 e. The van der Waals surface area contributed by atoms with Crippen LogP contribution in [0, 0.1) is 13.8 Å². The molecule has 0 radical (unpaired) electrons. The SMILES string of the molecule is Cc1cc(Nc2ccc(Cl)cc2)nc(NCc2ccccc2C)n1. The average Bonchev–Trinajstić information content (AvgIpc) is 2.56. The lowest BCUT2D eigenvalue weighted by molar-refractivity contribution is 1.02. The summed E-state index contributed by atoms with van der Waals surface area (Å²) in [7, 11) is 0. The van der Waals surface area contributed by atoms with Crippen LogP contribution < -0.4 is 10.6 Å². The number of hydrogen-bond acceptors (Lipinski definition) is 4. The molecule has 0 aliphatic carbocycles. The summed E-state index contributed by atoms with van der Waals surface area (Å²) in [5.74, 6) is 1.35. The standard InChI is InChI=1S/C19H19ClN4/c1-13-5-3-4-6-15(13)12-21-19-22-14(2)11-18(24-19)23-17-9-7-16(20)8-10-17/h3-11H,12H2,1-2H3,(H2,21,22,23,24). The number of benzene rings is 2. The summed E-state index contributed by atoms with van der Waals surface area (Å²) < 4.78 is 0. The molecule has 0 atom stereocenters. The third-order valence-electron chi connectivity index (χ3n) is 3.67. The molecule has 3 rings (SSSR count). The first kappa shape index (κ1) is 16.3. The van der Waals surface area contributed by atoms with Gasteiger partial charge in [-0.25, -0.2) is 4.98 Å². The second-order valence-corrected chi connectivity index (χ2v) is 6.07. The Bertz CT molecular complexity index is 831. The number of aryl methyl sites for hydroxylation is 2. The molecular weight excluding hydrogens is 320 g/mol. The van der Waals surface area contributed by atoms with Gasteiger partial charge in [-0.15, -0.1) is 0 Å². The van der Waals surface area contributed by atoms with Crippen molar-refractivity contribution in [2.45, 2.75) is 20.4 Å². The quantitative estimate of drug-likeness (QED) is 0.679. The van der Waals surface area contributed by atoms with Gasteiger partial charge in [0.2, 0.25) is 5.95 Å².